The number of Topliss-reactive ketones (excluding diaryl/α,β-unsaturated/α-hetero) is 1. The van der Waals surface area contributed by atoms with Gasteiger partial charge in [-0.25, -0.2) is 0 Å². The molecule has 2 aromatic carbocycles. The van der Waals surface area contributed by atoms with Crippen LogP contribution in [0.3, 0.4) is 0 Å². The maximum atomic E-state index is 13.2. The molecule has 1 amide bonds. The second kappa shape index (κ2) is 8.80. The van der Waals surface area contributed by atoms with Gasteiger partial charge >= 0.3 is 0 Å². The first-order valence-electron chi connectivity index (χ1n) is 8.93. The van der Waals surface area contributed by atoms with E-state index in [0.717, 1.165) is 5.75 Å². The number of nitrogens with zero attached hydrogens (tertiary/aromatic N) is 2. The average molecular weight is 417 g/mol. The summed E-state index contributed by atoms with van der Waals surface area (Å²) < 4.78 is 5.83. The molecule has 5 nitrogen and oxygen atoms in total. The third-order valence-corrected chi connectivity index (χ3v) is 5.65. The Morgan fingerprint density at radius 3 is 2.36 bits per heavy atom. The number of aliphatic imine (C=N–C) groups is 1. The Balaban J connectivity index is 1.82. The highest BCUT2D eigenvalue weighted by Gasteiger charge is 2.30. The van der Waals surface area contributed by atoms with Crippen LogP contribution in [0.2, 0.25) is 5.02 Å². The summed E-state index contributed by atoms with van der Waals surface area (Å²) in [5.41, 5.74) is 1.29. The number of carbonyl (C=O) groups excluding carboxylic acids is 2. The van der Waals surface area contributed by atoms with Crippen LogP contribution in [-0.2, 0) is 4.79 Å². The molecule has 0 spiro atoms. The molecule has 2 atom stereocenters. The van der Waals surface area contributed by atoms with E-state index in [1.807, 2.05) is 6.92 Å². The standard InChI is InChI=1S/C21H21ClN2O3S/c1-13-12-28-21(23-13)24(18-8-6-17(22)7-9-18)20(26)15(3)27-19-10-4-16(5-11-19)14(2)25/h4-11,13,15H,12H2,1-3H3/t13-,15+/m0/s1. The zero-order valence-corrected chi connectivity index (χ0v) is 17.5. The molecule has 0 N–H and O–H groups in total. The van der Waals surface area contributed by atoms with Gasteiger partial charge in [0.15, 0.2) is 17.1 Å². The number of carbonyl (C=O) groups is 2. The van der Waals surface area contributed by atoms with Gasteiger partial charge in [0.25, 0.3) is 5.91 Å². The molecule has 0 saturated heterocycles. The van der Waals surface area contributed by atoms with Crippen molar-refractivity contribution in [2.45, 2.75) is 32.9 Å². The van der Waals surface area contributed by atoms with Gasteiger partial charge in [0.05, 0.1) is 11.7 Å². The van der Waals surface area contributed by atoms with Crippen molar-refractivity contribution in [1.82, 2.24) is 0 Å². The molecule has 0 unspecified atom stereocenters. The van der Waals surface area contributed by atoms with Crippen LogP contribution >= 0.6 is 23.4 Å². The molecule has 3 rings (SSSR count). The predicted octanol–water partition coefficient (Wildman–Crippen LogP) is 4.83. The Kier molecular flexibility index (Phi) is 6.42. The molecule has 1 aliphatic heterocycles. The molecule has 0 radical (unpaired) electrons. The number of ketones is 1. The Morgan fingerprint density at radius 1 is 1.18 bits per heavy atom. The van der Waals surface area contributed by atoms with Crippen LogP contribution in [0.4, 0.5) is 5.69 Å². The largest absolute Gasteiger partial charge is 0.481 e. The van der Waals surface area contributed by atoms with E-state index in [2.05, 4.69) is 4.99 Å². The normalized spacial score (nSPS) is 17.0. The van der Waals surface area contributed by atoms with Crippen LogP contribution in [-0.4, -0.2) is 34.8 Å². The number of amidine groups is 1. The Hall–Kier alpha value is -2.31. The van der Waals surface area contributed by atoms with E-state index in [0.29, 0.717) is 27.2 Å². The van der Waals surface area contributed by atoms with Crippen LogP contribution in [0.15, 0.2) is 53.5 Å². The minimum atomic E-state index is -0.738. The average Bonchev–Trinajstić information content (AvgIpc) is 3.09. The summed E-state index contributed by atoms with van der Waals surface area (Å²) in [6.07, 6.45) is -0.738. The summed E-state index contributed by atoms with van der Waals surface area (Å²) in [6, 6.07) is 14.0. The van der Waals surface area contributed by atoms with E-state index in [1.165, 1.54) is 6.92 Å². The van der Waals surface area contributed by atoms with Gasteiger partial charge < -0.3 is 4.74 Å². The lowest BCUT2D eigenvalue weighted by atomic mass is 10.1. The van der Waals surface area contributed by atoms with Gasteiger partial charge in [-0.3, -0.25) is 19.5 Å². The first-order chi connectivity index (χ1) is 13.3. The summed E-state index contributed by atoms with van der Waals surface area (Å²) in [5, 5.41) is 1.25. The number of hydrogen-bond donors (Lipinski definition) is 0. The molecule has 7 heteroatoms. The summed E-state index contributed by atoms with van der Waals surface area (Å²) in [4.78, 5) is 30.8. The first kappa shape index (κ1) is 20.4. The third-order valence-electron chi connectivity index (χ3n) is 4.20. The van der Waals surface area contributed by atoms with Crippen LogP contribution in [0.5, 0.6) is 5.75 Å². The van der Waals surface area contributed by atoms with Crippen molar-refractivity contribution in [1.29, 1.82) is 0 Å². The molecule has 0 fully saturated rings. The molecule has 0 aliphatic carbocycles. The second-order valence-electron chi connectivity index (χ2n) is 6.56. The molecule has 0 aromatic heterocycles. The monoisotopic (exact) mass is 416 g/mol. The predicted molar refractivity (Wildman–Crippen MR) is 115 cm³/mol. The van der Waals surface area contributed by atoms with Crippen LogP contribution < -0.4 is 9.64 Å². The van der Waals surface area contributed by atoms with E-state index >= 15 is 0 Å². The number of benzene rings is 2. The van der Waals surface area contributed by atoms with Gasteiger partial charge in [-0.2, -0.15) is 0 Å². The van der Waals surface area contributed by atoms with Gasteiger partial charge in [0.1, 0.15) is 5.75 Å². The first-order valence-corrected chi connectivity index (χ1v) is 10.3. The van der Waals surface area contributed by atoms with E-state index in [4.69, 9.17) is 16.3 Å². The van der Waals surface area contributed by atoms with Crippen molar-refractivity contribution < 1.29 is 14.3 Å². The van der Waals surface area contributed by atoms with Crippen LogP contribution in [0.1, 0.15) is 31.1 Å². The Morgan fingerprint density at radius 2 is 1.82 bits per heavy atom. The maximum Gasteiger partial charge on any atom is 0.273 e. The summed E-state index contributed by atoms with van der Waals surface area (Å²) in [7, 11) is 0. The zero-order chi connectivity index (χ0) is 20.3. The van der Waals surface area contributed by atoms with E-state index in [1.54, 1.807) is 72.1 Å². The molecule has 146 valence electrons. The number of hydrogen-bond acceptors (Lipinski definition) is 5. The van der Waals surface area contributed by atoms with Crippen LogP contribution in [0.25, 0.3) is 0 Å². The fourth-order valence-electron chi connectivity index (χ4n) is 2.71. The molecule has 1 heterocycles. The maximum absolute atomic E-state index is 13.2. The van der Waals surface area contributed by atoms with Gasteiger partial charge in [0.2, 0.25) is 0 Å². The number of halogens is 1. The highest BCUT2D eigenvalue weighted by molar-refractivity contribution is 8.14. The lowest BCUT2D eigenvalue weighted by Gasteiger charge is -2.25. The van der Waals surface area contributed by atoms with Crippen molar-refractivity contribution in [3.05, 3.63) is 59.1 Å². The Labute approximate surface area is 173 Å². The molecule has 0 saturated carbocycles. The van der Waals surface area contributed by atoms with Crippen molar-refractivity contribution in [2.75, 3.05) is 10.7 Å². The van der Waals surface area contributed by atoms with E-state index in [9.17, 15) is 9.59 Å². The molecule has 0 bridgehead atoms. The van der Waals surface area contributed by atoms with Crippen molar-refractivity contribution in [3.8, 4) is 5.75 Å². The van der Waals surface area contributed by atoms with Crippen LogP contribution in [0, 0.1) is 0 Å². The smallest absolute Gasteiger partial charge is 0.273 e. The zero-order valence-electron chi connectivity index (χ0n) is 15.9. The van der Waals surface area contributed by atoms with Gasteiger partial charge in [-0.15, -0.1) is 0 Å². The third kappa shape index (κ3) is 4.75. The minimum Gasteiger partial charge on any atom is -0.481 e. The summed E-state index contributed by atoms with van der Waals surface area (Å²) in [5.74, 6) is 1.11. The summed E-state index contributed by atoms with van der Waals surface area (Å²) in [6.45, 7) is 5.22. The molecule has 28 heavy (non-hydrogen) atoms. The van der Waals surface area contributed by atoms with Gasteiger partial charge in [0, 0.05) is 16.3 Å². The number of amides is 1. The van der Waals surface area contributed by atoms with Gasteiger partial charge in [-0.1, -0.05) is 23.4 Å². The summed E-state index contributed by atoms with van der Waals surface area (Å²) >= 11 is 7.54. The van der Waals surface area contributed by atoms with Crippen molar-refractivity contribution in [3.63, 3.8) is 0 Å². The van der Waals surface area contributed by atoms with Crippen molar-refractivity contribution in [2.24, 2.45) is 4.99 Å². The number of ether oxygens (including phenoxy) is 1. The molecular weight excluding hydrogens is 396 g/mol. The number of anilines is 1. The van der Waals surface area contributed by atoms with Crippen molar-refractivity contribution >= 4 is 45.9 Å². The topological polar surface area (TPSA) is 59.0 Å². The van der Waals surface area contributed by atoms with E-state index in [-0.39, 0.29) is 17.7 Å². The highest BCUT2D eigenvalue weighted by Crippen LogP contribution is 2.28. The lowest BCUT2D eigenvalue weighted by Crippen LogP contribution is -2.43. The number of rotatable bonds is 5. The molecule has 2 aromatic rings. The SMILES string of the molecule is CC(=O)c1ccc(O[C@H](C)C(=O)N(C2=N[C@@H](C)CS2)c2ccc(Cl)cc2)cc1. The van der Waals surface area contributed by atoms with E-state index < -0.39 is 6.10 Å². The lowest BCUT2D eigenvalue weighted by molar-refractivity contribution is -0.123. The quantitative estimate of drug-likeness (QED) is 0.654. The fraction of sp³-hybridized carbons (Fsp3) is 0.286. The highest BCUT2D eigenvalue weighted by atomic mass is 35.5. The second-order valence-corrected chi connectivity index (χ2v) is 7.99. The minimum absolute atomic E-state index is 0.0185. The van der Waals surface area contributed by atoms with Gasteiger partial charge in [-0.05, 0) is 69.3 Å². The molecule has 1 aliphatic rings. The number of thioether (sulfide) groups is 1. The Bertz CT molecular complexity index is 897. The molecular formula is C21H21ClN2O3S. The fourth-order valence-corrected chi connectivity index (χ4v) is 3.88.